The molecule has 2 rings (SSSR count). The van der Waals surface area contributed by atoms with Gasteiger partial charge in [-0.1, -0.05) is 0 Å². The van der Waals surface area contributed by atoms with Gasteiger partial charge in [-0.2, -0.15) is 0 Å². The Labute approximate surface area is 124 Å². The molecule has 2 amide bonds. The number of allylic oxidation sites excluding steroid dienone is 1. The van der Waals surface area contributed by atoms with Crippen molar-refractivity contribution >= 4 is 17.8 Å². The summed E-state index contributed by atoms with van der Waals surface area (Å²) in [5.41, 5.74) is -0.551. The highest BCUT2D eigenvalue weighted by Gasteiger charge is 2.39. The second-order valence-corrected chi connectivity index (χ2v) is 6.55. The van der Waals surface area contributed by atoms with E-state index >= 15 is 0 Å². The van der Waals surface area contributed by atoms with Crippen LogP contribution in [0, 0.1) is 11.8 Å². The first-order valence-electron chi connectivity index (χ1n) is 7.26. The van der Waals surface area contributed by atoms with E-state index in [0.717, 1.165) is 12.8 Å². The van der Waals surface area contributed by atoms with Crippen molar-refractivity contribution in [3.63, 3.8) is 0 Å². The minimum atomic E-state index is -0.694. The number of ether oxygens (including phenoxy) is 1. The lowest BCUT2D eigenvalue weighted by Crippen LogP contribution is -2.49. The zero-order valence-corrected chi connectivity index (χ0v) is 12.7. The third-order valence-electron chi connectivity index (χ3n) is 3.64. The minimum absolute atomic E-state index is 0.149. The highest BCUT2D eigenvalue weighted by Crippen LogP contribution is 2.27. The second kappa shape index (κ2) is 5.87. The molecule has 1 fully saturated rings. The number of amides is 2. The molecule has 0 aromatic rings. The Balaban J connectivity index is 2.04. The molecule has 2 heterocycles. The third-order valence-corrected chi connectivity index (χ3v) is 3.64. The molecule has 0 spiro atoms. The average molecular weight is 294 g/mol. The highest BCUT2D eigenvalue weighted by atomic mass is 16.6. The number of hydrogen-bond acceptors (Lipinski definition) is 4. The summed E-state index contributed by atoms with van der Waals surface area (Å²) >= 11 is 0. The van der Waals surface area contributed by atoms with Crippen LogP contribution in [-0.4, -0.2) is 41.4 Å². The van der Waals surface area contributed by atoms with Crippen LogP contribution in [-0.2, 0) is 14.3 Å². The molecule has 0 saturated carbocycles. The molecular weight excluding hydrogens is 272 g/mol. The standard InChI is InChI=1S/C15H22N2O4/c1-15(2,3)21-14(20)17-8-4-5-10(9-17)12-11(18)6-7-16-13(12)19/h6-7,10,12H,4-5,8-9H2,1-3H3,(H,16,19). The van der Waals surface area contributed by atoms with E-state index in [1.54, 1.807) is 4.90 Å². The first-order valence-corrected chi connectivity index (χ1v) is 7.26. The van der Waals surface area contributed by atoms with Gasteiger partial charge in [-0.25, -0.2) is 4.79 Å². The molecule has 2 unspecified atom stereocenters. The number of likely N-dealkylation sites (tertiary alicyclic amines) is 1. The third kappa shape index (κ3) is 3.83. The van der Waals surface area contributed by atoms with Crippen LogP contribution in [0.1, 0.15) is 33.6 Å². The van der Waals surface area contributed by atoms with Crippen molar-refractivity contribution in [2.24, 2.45) is 11.8 Å². The lowest BCUT2D eigenvalue weighted by Gasteiger charge is -2.36. The van der Waals surface area contributed by atoms with Crippen molar-refractivity contribution in [3.8, 4) is 0 Å². The van der Waals surface area contributed by atoms with Gasteiger partial charge in [0.15, 0.2) is 5.78 Å². The predicted molar refractivity (Wildman–Crippen MR) is 76.3 cm³/mol. The molecule has 0 aliphatic carbocycles. The van der Waals surface area contributed by atoms with Crippen LogP contribution in [0.25, 0.3) is 0 Å². The topological polar surface area (TPSA) is 75.7 Å². The van der Waals surface area contributed by atoms with E-state index in [9.17, 15) is 14.4 Å². The number of hydrogen-bond donors (Lipinski definition) is 1. The van der Waals surface area contributed by atoms with Crippen molar-refractivity contribution in [2.45, 2.75) is 39.2 Å². The number of nitrogens with zero attached hydrogens (tertiary/aromatic N) is 1. The maximum atomic E-state index is 12.1. The molecular formula is C15H22N2O4. The molecule has 0 radical (unpaired) electrons. The van der Waals surface area contributed by atoms with Gasteiger partial charge in [0.2, 0.25) is 5.91 Å². The monoisotopic (exact) mass is 294 g/mol. The van der Waals surface area contributed by atoms with Crippen LogP contribution in [0.3, 0.4) is 0 Å². The molecule has 1 N–H and O–H groups in total. The highest BCUT2D eigenvalue weighted by molar-refractivity contribution is 6.09. The van der Waals surface area contributed by atoms with E-state index in [-0.39, 0.29) is 23.7 Å². The van der Waals surface area contributed by atoms with Crippen LogP contribution in [0.5, 0.6) is 0 Å². The summed E-state index contributed by atoms with van der Waals surface area (Å²) < 4.78 is 5.35. The quantitative estimate of drug-likeness (QED) is 0.743. The Kier molecular flexibility index (Phi) is 4.34. The van der Waals surface area contributed by atoms with E-state index in [0.29, 0.717) is 13.1 Å². The zero-order valence-electron chi connectivity index (χ0n) is 12.7. The molecule has 0 aromatic carbocycles. The normalized spacial score (nSPS) is 26.5. The Morgan fingerprint density at radius 3 is 2.71 bits per heavy atom. The molecule has 0 aromatic heterocycles. The summed E-state index contributed by atoms with van der Waals surface area (Å²) in [6.45, 7) is 6.43. The van der Waals surface area contributed by atoms with Crippen LogP contribution >= 0.6 is 0 Å². The van der Waals surface area contributed by atoms with Crippen molar-refractivity contribution in [1.29, 1.82) is 0 Å². The van der Waals surface area contributed by atoms with E-state index < -0.39 is 11.5 Å². The zero-order chi connectivity index (χ0) is 15.6. The van der Waals surface area contributed by atoms with E-state index in [1.807, 2.05) is 20.8 Å². The van der Waals surface area contributed by atoms with E-state index in [4.69, 9.17) is 4.74 Å². The van der Waals surface area contributed by atoms with Gasteiger partial charge in [-0.15, -0.1) is 0 Å². The molecule has 0 bridgehead atoms. The smallest absolute Gasteiger partial charge is 0.410 e. The molecule has 6 heteroatoms. The van der Waals surface area contributed by atoms with Crippen molar-refractivity contribution < 1.29 is 19.1 Å². The van der Waals surface area contributed by atoms with Crippen LogP contribution in [0.2, 0.25) is 0 Å². The second-order valence-electron chi connectivity index (χ2n) is 6.55. The molecule has 116 valence electrons. The lowest BCUT2D eigenvalue weighted by atomic mass is 9.81. The van der Waals surface area contributed by atoms with E-state index in [1.165, 1.54) is 12.3 Å². The number of carbonyl (C=O) groups is 3. The average Bonchev–Trinajstić information content (AvgIpc) is 2.37. The SMILES string of the molecule is CC(C)(C)OC(=O)N1CCCC(C2C(=O)C=CNC2=O)C1. The number of nitrogens with one attached hydrogen (secondary N) is 1. The van der Waals surface area contributed by atoms with Gasteiger partial charge in [0.1, 0.15) is 11.5 Å². The number of carbonyl (C=O) groups excluding carboxylic acids is 3. The summed E-state index contributed by atoms with van der Waals surface area (Å²) in [5, 5.41) is 2.57. The Morgan fingerprint density at radius 1 is 1.38 bits per heavy atom. The summed E-state index contributed by atoms with van der Waals surface area (Å²) in [6, 6.07) is 0. The van der Waals surface area contributed by atoms with Crippen LogP contribution < -0.4 is 5.32 Å². The van der Waals surface area contributed by atoms with Crippen molar-refractivity contribution in [3.05, 3.63) is 12.3 Å². The fraction of sp³-hybridized carbons (Fsp3) is 0.667. The molecule has 21 heavy (non-hydrogen) atoms. The Hall–Kier alpha value is -1.85. The van der Waals surface area contributed by atoms with Crippen molar-refractivity contribution in [1.82, 2.24) is 10.2 Å². The summed E-state index contributed by atoms with van der Waals surface area (Å²) in [4.78, 5) is 37.5. The molecule has 6 nitrogen and oxygen atoms in total. The first-order chi connectivity index (χ1) is 9.78. The molecule has 2 aliphatic heterocycles. The summed E-state index contributed by atoms with van der Waals surface area (Å²) in [7, 11) is 0. The largest absolute Gasteiger partial charge is 0.444 e. The van der Waals surface area contributed by atoms with Gasteiger partial charge in [0.05, 0.1) is 0 Å². The maximum Gasteiger partial charge on any atom is 0.410 e. The molecule has 1 saturated heterocycles. The fourth-order valence-corrected chi connectivity index (χ4v) is 2.75. The Morgan fingerprint density at radius 2 is 2.10 bits per heavy atom. The maximum absolute atomic E-state index is 12.1. The number of piperidine rings is 1. The van der Waals surface area contributed by atoms with Crippen molar-refractivity contribution in [2.75, 3.05) is 13.1 Å². The number of ketones is 1. The molecule has 2 atom stereocenters. The van der Waals surface area contributed by atoms with Gasteiger partial charge < -0.3 is 15.0 Å². The minimum Gasteiger partial charge on any atom is -0.444 e. The fourth-order valence-electron chi connectivity index (χ4n) is 2.75. The first kappa shape index (κ1) is 15.5. The van der Waals surface area contributed by atoms with E-state index in [2.05, 4.69) is 5.32 Å². The lowest BCUT2D eigenvalue weighted by molar-refractivity contribution is -0.135. The molecule has 2 aliphatic rings. The van der Waals surface area contributed by atoms with Crippen LogP contribution in [0.15, 0.2) is 12.3 Å². The number of rotatable bonds is 1. The van der Waals surface area contributed by atoms with Gasteiger partial charge >= 0.3 is 6.09 Å². The van der Waals surface area contributed by atoms with Gasteiger partial charge in [0, 0.05) is 19.3 Å². The predicted octanol–water partition coefficient (Wildman–Crippen LogP) is 1.46. The summed E-state index contributed by atoms with van der Waals surface area (Å²) in [6.07, 6.45) is 3.90. The van der Waals surface area contributed by atoms with Crippen LogP contribution in [0.4, 0.5) is 4.79 Å². The Bertz CT molecular complexity index is 479. The van der Waals surface area contributed by atoms with Gasteiger partial charge in [0.25, 0.3) is 0 Å². The van der Waals surface area contributed by atoms with Gasteiger partial charge in [-0.05, 0) is 45.6 Å². The summed E-state index contributed by atoms with van der Waals surface area (Å²) in [5.74, 6) is -1.31. The van der Waals surface area contributed by atoms with Gasteiger partial charge in [-0.3, -0.25) is 9.59 Å².